The van der Waals surface area contributed by atoms with Crippen LogP contribution in [0.25, 0.3) is 5.57 Å². The Balaban J connectivity index is 2.09. The zero-order valence-corrected chi connectivity index (χ0v) is 10.3. The summed E-state index contributed by atoms with van der Waals surface area (Å²) in [6.07, 6.45) is 10.6. The quantitative estimate of drug-likeness (QED) is 0.680. The molecule has 0 spiro atoms. The fourth-order valence-electron chi connectivity index (χ4n) is 2.04. The Hall–Kier alpha value is -1.82. The lowest BCUT2D eigenvalue weighted by Gasteiger charge is -2.11. The minimum absolute atomic E-state index is 0.956. The third-order valence-corrected chi connectivity index (χ3v) is 3.09. The van der Waals surface area contributed by atoms with Gasteiger partial charge in [0, 0.05) is 0 Å². The molecule has 0 atom stereocenters. The third kappa shape index (κ3) is 3.07. The van der Waals surface area contributed by atoms with Crippen LogP contribution in [0, 0.1) is 0 Å². The van der Waals surface area contributed by atoms with Gasteiger partial charge in [0.2, 0.25) is 0 Å². The van der Waals surface area contributed by atoms with E-state index in [1.54, 1.807) is 0 Å². The second kappa shape index (κ2) is 5.49. The first-order valence-corrected chi connectivity index (χ1v) is 6.02. The highest BCUT2D eigenvalue weighted by molar-refractivity contribution is 5.65. The fraction of sp³-hybridized carbons (Fsp3) is 0.176. The Morgan fingerprint density at radius 3 is 2.59 bits per heavy atom. The molecule has 0 radical (unpaired) electrons. The van der Waals surface area contributed by atoms with Gasteiger partial charge in [0.1, 0.15) is 0 Å². The van der Waals surface area contributed by atoms with Crippen molar-refractivity contribution in [2.24, 2.45) is 0 Å². The topological polar surface area (TPSA) is 0 Å². The zero-order chi connectivity index (χ0) is 12.1. The van der Waals surface area contributed by atoms with E-state index in [0.29, 0.717) is 0 Å². The van der Waals surface area contributed by atoms with E-state index in [1.807, 2.05) is 6.07 Å². The maximum absolute atomic E-state index is 4.18. The lowest BCUT2D eigenvalue weighted by molar-refractivity contribution is 1.12. The Labute approximate surface area is 104 Å². The van der Waals surface area contributed by atoms with Gasteiger partial charge in [-0.2, -0.15) is 0 Å². The maximum atomic E-state index is 4.18. The normalized spacial score (nSPS) is 17.0. The standard InChI is InChI=1S/C17H18/c1-14(16-9-5-3-6-10-16)13-15(2)17-11-7-4-8-12-17/h3-11H,1,12-13H2,2H3/b17-15-. The molecule has 0 aromatic heterocycles. The van der Waals surface area contributed by atoms with Gasteiger partial charge in [0.25, 0.3) is 0 Å². The summed E-state index contributed by atoms with van der Waals surface area (Å²) in [6.45, 7) is 6.38. The van der Waals surface area contributed by atoms with Crippen molar-refractivity contribution >= 4 is 5.57 Å². The van der Waals surface area contributed by atoms with Crippen molar-refractivity contribution < 1.29 is 0 Å². The monoisotopic (exact) mass is 222 g/mol. The second-order valence-electron chi connectivity index (χ2n) is 4.44. The summed E-state index contributed by atoms with van der Waals surface area (Å²) in [4.78, 5) is 0. The highest BCUT2D eigenvalue weighted by Crippen LogP contribution is 2.25. The lowest BCUT2D eigenvalue weighted by atomic mass is 9.94. The smallest absolute Gasteiger partial charge is 0.00639 e. The Kier molecular flexibility index (Phi) is 3.77. The molecule has 0 nitrogen and oxygen atoms in total. The molecule has 1 aromatic carbocycles. The number of benzene rings is 1. The second-order valence-corrected chi connectivity index (χ2v) is 4.44. The first-order valence-electron chi connectivity index (χ1n) is 6.02. The van der Waals surface area contributed by atoms with Crippen LogP contribution in [0.1, 0.15) is 25.3 Å². The molecule has 0 N–H and O–H groups in total. The fourth-order valence-corrected chi connectivity index (χ4v) is 2.04. The minimum Gasteiger partial charge on any atom is -0.0949 e. The van der Waals surface area contributed by atoms with E-state index in [0.717, 1.165) is 12.8 Å². The molecule has 0 bridgehead atoms. The molecule has 1 aromatic rings. The van der Waals surface area contributed by atoms with Crippen molar-refractivity contribution in [3.8, 4) is 0 Å². The van der Waals surface area contributed by atoms with Gasteiger partial charge in [-0.05, 0) is 36.5 Å². The molecule has 0 saturated carbocycles. The molecular formula is C17H18. The van der Waals surface area contributed by atoms with E-state index in [1.165, 1.54) is 22.3 Å². The molecule has 86 valence electrons. The number of hydrogen-bond acceptors (Lipinski definition) is 0. The molecule has 0 saturated heterocycles. The van der Waals surface area contributed by atoms with Crippen LogP contribution in [0.15, 0.2) is 72.4 Å². The predicted molar refractivity (Wildman–Crippen MR) is 75.7 cm³/mol. The predicted octanol–water partition coefficient (Wildman–Crippen LogP) is 4.92. The largest absolute Gasteiger partial charge is 0.0949 e. The summed E-state index contributed by atoms with van der Waals surface area (Å²) in [7, 11) is 0. The van der Waals surface area contributed by atoms with Crippen molar-refractivity contribution in [1.29, 1.82) is 0 Å². The van der Waals surface area contributed by atoms with E-state index in [-0.39, 0.29) is 0 Å². The highest BCUT2D eigenvalue weighted by Gasteiger charge is 2.04. The number of allylic oxidation sites excluding steroid dienone is 7. The van der Waals surface area contributed by atoms with Gasteiger partial charge >= 0.3 is 0 Å². The molecule has 0 heteroatoms. The zero-order valence-electron chi connectivity index (χ0n) is 10.3. The summed E-state index contributed by atoms with van der Waals surface area (Å²) >= 11 is 0. The summed E-state index contributed by atoms with van der Waals surface area (Å²) < 4.78 is 0. The van der Waals surface area contributed by atoms with Crippen molar-refractivity contribution in [2.75, 3.05) is 0 Å². The number of rotatable bonds is 3. The van der Waals surface area contributed by atoms with Crippen LogP contribution in [-0.4, -0.2) is 0 Å². The van der Waals surface area contributed by atoms with Gasteiger partial charge in [0.15, 0.2) is 0 Å². The first-order chi connectivity index (χ1) is 8.27. The summed E-state index contributed by atoms with van der Waals surface area (Å²) in [5, 5.41) is 0. The van der Waals surface area contributed by atoms with Crippen molar-refractivity contribution in [3.05, 3.63) is 77.9 Å². The summed E-state index contributed by atoms with van der Waals surface area (Å²) in [6, 6.07) is 10.4. The molecule has 0 aliphatic heterocycles. The molecule has 1 aliphatic carbocycles. The van der Waals surface area contributed by atoms with Crippen LogP contribution in [0.4, 0.5) is 0 Å². The summed E-state index contributed by atoms with van der Waals surface area (Å²) in [5.74, 6) is 0. The first kappa shape index (κ1) is 11.7. The van der Waals surface area contributed by atoms with Crippen molar-refractivity contribution in [3.63, 3.8) is 0 Å². The number of hydrogen-bond donors (Lipinski definition) is 0. The molecule has 0 fully saturated rings. The van der Waals surface area contributed by atoms with E-state index in [2.05, 4.69) is 62.1 Å². The molecule has 0 amide bonds. The van der Waals surface area contributed by atoms with E-state index >= 15 is 0 Å². The van der Waals surface area contributed by atoms with Gasteiger partial charge in [0.05, 0.1) is 0 Å². The van der Waals surface area contributed by atoms with E-state index in [9.17, 15) is 0 Å². The third-order valence-electron chi connectivity index (χ3n) is 3.09. The van der Waals surface area contributed by atoms with Gasteiger partial charge in [-0.1, -0.05) is 66.8 Å². The van der Waals surface area contributed by atoms with Crippen molar-refractivity contribution in [2.45, 2.75) is 19.8 Å². The molecule has 0 heterocycles. The molecule has 1 aliphatic rings. The van der Waals surface area contributed by atoms with Crippen LogP contribution < -0.4 is 0 Å². The van der Waals surface area contributed by atoms with Crippen LogP contribution in [0.3, 0.4) is 0 Å². The van der Waals surface area contributed by atoms with Gasteiger partial charge in [-0.25, -0.2) is 0 Å². The molecular weight excluding hydrogens is 204 g/mol. The molecule has 17 heavy (non-hydrogen) atoms. The van der Waals surface area contributed by atoms with Crippen LogP contribution in [0.5, 0.6) is 0 Å². The maximum Gasteiger partial charge on any atom is -0.00639 e. The van der Waals surface area contributed by atoms with Crippen LogP contribution in [-0.2, 0) is 0 Å². The van der Waals surface area contributed by atoms with Gasteiger partial charge in [-0.3, -0.25) is 0 Å². The van der Waals surface area contributed by atoms with E-state index in [4.69, 9.17) is 0 Å². The van der Waals surface area contributed by atoms with Crippen molar-refractivity contribution in [1.82, 2.24) is 0 Å². The average Bonchev–Trinajstić information content (AvgIpc) is 2.40. The Morgan fingerprint density at radius 2 is 1.94 bits per heavy atom. The average molecular weight is 222 g/mol. The summed E-state index contributed by atoms with van der Waals surface area (Å²) in [5.41, 5.74) is 5.27. The lowest BCUT2D eigenvalue weighted by Crippen LogP contribution is -1.90. The molecule has 0 unspecified atom stereocenters. The van der Waals surface area contributed by atoms with Gasteiger partial charge in [-0.15, -0.1) is 0 Å². The Morgan fingerprint density at radius 1 is 1.18 bits per heavy atom. The Bertz CT molecular complexity index is 484. The van der Waals surface area contributed by atoms with E-state index < -0.39 is 0 Å². The molecule has 2 rings (SSSR count). The van der Waals surface area contributed by atoms with Crippen LogP contribution >= 0.6 is 0 Å². The SMILES string of the molecule is C=C(C/C(C)=C1/C=CC=CC1)c1ccccc1. The minimum atomic E-state index is 0.956. The van der Waals surface area contributed by atoms with Gasteiger partial charge < -0.3 is 0 Å². The van der Waals surface area contributed by atoms with Crippen LogP contribution in [0.2, 0.25) is 0 Å². The highest BCUT2D eigenvalue weighted by atomic mass is 14.1.